The van der Waals surface area contributed by atoms with Crippen LogP contribution in [-0.2, 0) is 16.1 Å². The third kappa shape index (κ3) is 3.84. The molecule has 2 aromatic rings. The van der Waals surface area contributed by atoms with Crippen LogP contribution in [-0.4, -0.2) is 33.4 Å². The molecule has 27 heavy (non-hydrogen) atoms. The first-order valence-corrected chi connectivity index (χ1v) is 10.1. The summed E-state index contributed by atoms with van der Waals surface area (Å²) in [5.74, 6) is 1.42. The fourth-order valence-electron chi connectivity index (χ4n) is 4.72. The van der Waals surface area contributed by atoms with Crippen molar-refractivity contribution in [3.8, 4) is 0 Å². The Bertz CT molecular complexity index is 838. The summed E-state index contributed by atoms with van der Waals surface area (Å²) in [6, 6.07) is 7.97. The van der Waals surface area contributed by atoms with Gasteiger partial charge in [0.25, 0.3) is 0 Å². The standard InChI is InChI=1S/C21H28N4O2/c1-14-22-16-9-5-6-10-18(16)25(14)13-20(27)23-17-11-12-19(26)24-21(17)15-7-3-2-4-8-15/h5-6,9-10,15,17,21H,2-4,7-8,11-13H2,1H3,(H,23,27)(H,24,26). The lowest BCUT2D eigenvalue weighted by Gasteiger charge is -2.39. The molecule has 6 heteroatoms. The van der Waals surface area contributed by atoms with Gasteiger partial charge in [-0.05, 0) is 44.2 Å². The van der Waals surface area contributed by atoms with Crippen LogP contribution in [0.3, 0.4) is 0 Å². The molecule has 1 aliphatic heterocycles. The normalized spacial score (nSPS) is 24.0. The molecule has 2 aliphatic rings. The number of hydrogen-bond donors (Lipinski definition) is 2. The lowest BCUT2D eigenvalue weighted by Crippen LogP contribution is -2.59. The maximum absolute atomic E-state index is 12.8. The van der Waals surface area contributed by atoms with Gasteiger partial charge in [0.15, 0.2) is 0 Å². The summed E-state index contributed by atoms with van der Waals surface area (Å²) in [6.45, 7) is 2.19. The average molecular weight is 368 g/mol. The summed E-state index contributed by atoms with van der Waals surface area (Å²) in [6.07, 6.45) is 7.21. The second-order valence-electron chi connectivity index (χ2n) is 7.94. The lowest BCUT2D eigenvalue weighted by molar-refractivity contribution is -0.128. The Balaban J connectivity index is 1.47. The number of benzene rings is 1. The Morgan fingerprint density at radius 2 is 2.00 bits per heavy atom. The Hall–Kier alpha value is -2.37. The monoisotopic (exact) mass is 368 g/mol. The molecule has 0 spiro atoms. The predicted molar refractivity (Wildman–Crippen MR) is 104 cm³/mol. The topological polar surface area (TPSA) is 76.0 Å². The summed E-state index contributed by atoms with van der Waals surface area (Å²) in [7, 11) is 0. The summed E-state index contributed by atoms with van der Waals surface area (Å²) in [5, 5.41) is 6.38. The van der Waals surface area contributed by atoms with Crippen LogP contribution in [0.5, 0.6) is 0 Å². The van der Waals surface area contributed by atoms with Gasteiger partial charge in [-0.1, -0.05) is 31.4 Å². The summed E-state index contributed by atoms with van der Waals surface area (Å²) in [5.41, 5.74) is 1.89. The maximum Gasteiger partial charge on any atom is 0.240 e. The molecule has 0 radical (unpaired) electrons. The minimum absolute atomic E-state index is 0.0109. The van der Waals surface area contributed by atoms with Gasteiger partial charge in [0, 0.05) is 12.5 Å². The van der Waals surface area contributed by atoms with Crippen molar-refractivity contribution in [3.63, 3.8) is 0 Å². The molecule has 1 saturated heterocycles. The molecule has 2 N–H and O–H groups in total. The highest BCUT2D eigenvalue weighted by Crippen LogP contribution is 2.30. The number of fused-ring (bicyclic) bond motifs is 1. The Morgan fingerprint density at radius 1 is 1.22 bits per heavy atom. The van der Waals surface area contributed by atoms with Gasteiger partial charge < -0.3 is 15.2 Å². The first-order chi connectivity index (χ1) is 13.1. The molecule has 2 fully saturated rings. The largest absolute Gasteiger partial charge is 0.351 e. The van der Waals surface area contributed by atoms with Crippen LogP contribution in [0.15, 0.2) is 24.3 Å². The number of piperidine rings is 1. The van der Waals surface area contributed by atoms with E-state index in [0.29, 0.717) is 12.3 Å². The number of hydrogen-bond acceptors (Lipinski definition) is 3. The van der Waals surface area contributed by atoms with Gasteiger partial charge in [0.1, 0.15) is 12.4 Å². The zero-order chi connectivity index (χ0) is 18.8. The number of nitrogens with one attached hydrogen (secondary N) is 2. The van der Waals surface area contributed by atoms with Gasteiger partial charge in [-0.15, -0.1) is 0 Å². The van der Waals surface area contributed by atoms with E-state index in [1.165, 1.54) is 19.3 Å². The maximum atomic E-state index is 12.8. The van der Waals surface area contributed by atoms with E-state index in [4.69, 9.17) is 0 Å². The second kappa shape index (κ2) is 7.71. The summed E-state index contributed by atoms with van der Waals surface area (Å²) >= 11 is 0. The third-order valence-corrected chi connectivity index (χ3v) is 6.09. The van der Waals surface area contributed by atoms with Crippen molar-refractivity contribution >= 4 is 22.8 Å². The Morgan fingerprint density at radius 3 is 2.81 bits per heavy atom. The van der Waals surface area contributed by atoms with Gasteiger partial charge in [0.05, 0.1) is 17.1 Å². The molecule has 2 unspecified atom stereocenters. The van der Waals surface area contributed by atoms with Gasteiger partial charge in [0.2, 0.25) is 11.8 Å². The first kappa shape index (κ1) is 18.0. The molecular formula is C21H28N4O2. The van der Waals surface area contributed by atoms with Gasteiger partial charge in [-0.2, -0.15) is 0 Å². The number of imidazole rings is 1. The second-order valence-corrected chi connectivity index (χ2v) is 7.94. The van der Waals surface area contributed by atoms with E-state index in [0.717, 1.165) is 36.1 Å². The van der Waals surface area contributed by atoms with Crippen LogP contribution in [0.4, 0.5) is 0 Å². The first-order valence-electron chi connectivity index (χ1n) is 10.1. The van der Waals surface area contributed by atoms with E-state index in [1.54, 1.807) is 0 Å². The minimum atomic E-state index is -0.0109. The van der Waals surface area contributed by atoms with E-state index >= 15 is 0 Å². The van der Waals surface area contributed by atoms with Crippen molar-refractivity contribution in [2.75, 3.05) is 0 Å². The molecule has 2 amide bonds. The number of carbonyl (C=O) groups is 2. The van der Waals surface area contributed by atoms with Crippen molar-refractivity contribution in [3.05, 3.63) is 30.1 Å². The number of aromatic nitrogens is 2. The van der Waals surface area contributed by atoms with Crippen molar-refractivity contribution in [2.24, 2.45) is 5.92 Å². The van der Waals surface area contributed by atoms with Gasteiger partial charge in [-0.25, -0.2) is 4.98 Å². The molecule has 1 aromatic carbocycles. The molecule has 1 aliphatic carbocycles. The van der Waals surface area contributed by atoms with Crippen LogP contribution in [0, 0.1) is 12.8 Å². The van der Waals surface area contributed by atoms with Gasteiger partial charge >= 0.3 is 0 Å². The molecule has 4 rings (SSSR count). The number of amides is 2. The van der Waals surface area contributed by atoms with Gasteiger partial charge in [-0.3, -0.25) is 9.59 Å². The highest BCUT2D eigenvalue weighted by Gasteiger charge is 2.35. The predicted octanol–water partition coefficient (Wildman–Crippen LogP) is 2.69. The van der Waals surface area contributed by atoms with Crippen LogP contribution in [0.25, 0.3) is 11.0 Å². The van der Waals surface area contributed by atoms with Crippen LogP contribution in [0.1, 0.15) is 50.8 Å². The zero-order valence-corrected chi connectivity index (χ0v) is 15.9. The van der Waals surface area contributed by atoms with E-state index in [1.807, 2.05) is 35.8 Å². The van der Waals surface area contributed by atoms with E-state index in [-0.39, 0.29) is 30.4 Å². The zero-order valence-electron chi connectivity index (χ0n) is 15.9. The number of rotatable bonds is 4. The van der Waals surface area contributed by atoms with E-state index < -0.39 is 0 Å². The highest BCUT2D eigenvalue weighted by molar-refractivity contribution is 5.82. The fourth-order valence-corrected chi connectivity index (χ4v) is 4.72. The minimum Gasteiger partial charge on any atom is -0.351 e. The SMILES string of the molecule is Cc1nc2ccccc2n1CC(=O)NC1CCC(=O)NC1C1CCCCC1. The molecule has 1 aromatic heterocycles. The van der Waals surface area contributed by atoms with E-state index in [9.17, 15) is 9.59 Å². The van der Waals surface area contributed by atoms with Crippen molar-refractivity contribution in [1.82, 2.24) is 20.2 Å². The number of aryl methyl sites for hydroxylation is 1. The Kier molecular flexibility index (Phi) is 5.14. The lowest BCUT2D eigenvalue weighted by atomic mass is 9.78. The third-order valence-electron chi connectivity index (χ3n) is 6.09. The van der Waals surface area contributed by atoms with Crippen LogP contribution >= 0.6 is 0 Å². The van der Waals surface area contributed by atoms with Crippen LogP contribution in [0.2, 0.25) is 0 Å². The number of carbonyl (C=O) groups excluding carboxylic acids is 2. The molecule has 6 nitrogen and oxygen atoms in total. The Labute approximate surface area is 159 Å². The number of nitrogens with zero attached hydrogens (tertiary/aromatic N) is 2. The fraction of sp³-hybridized carbons (Fsp3) is 0.571. The van der Waals surface area contributed by atoms with Crippen molar-refractivity contribution in [2.45, 2.75) is 70.5 Å². The van der Waals surface area contributed by atoms with Crippen molar-refractivity contribution < 1.29 is 9.59 Å². The molecule has 1 saturated carbocycles. The molecular weight excluding hydrogens is 340 g/mol. The molecule has 2 heterocycles. The highest BCUT2D eigenvalue weighted by atomic mass is 16.2. The quantitative estimate of drug-likeness (QED) is 0.871. The van der Waals surface area contributed by atoms with Crippen LogP contribution < -0.4 is 10.6 Å². The number of para-hydroxylation sites is 2. The smallest absolute Gasteiger partial charge is 0.240 e. The summed E-state index contributed by atoms with van der Waals surface area (Å²) < 4.78 is 1.96. The molecule has 0 bridgehead atoms. The van der Waals surface area contributed by atoms with E-state index in [2.05, 4.69) is 15.6 Å². The molecule has 2 atom stereocenters. The summed E-state index contributed by atoms with van der Waals surface area (Å²) in [4.78, 5) is 29.3. The van der Waals surface area contributed by atoms with Crippen molar-refractivity contribution in [1.29, 1.82) is 0 Å². The molecule has 144 valence electrons. The average Bonchev–Trinajstić information content (AvgIpc) is 2.99.